The molecule has 0 aromatic heterocycles. The maximum absolute atomic E-state index is 13.1. The summed E-state index contributed by atoms with van der Waals surface area (Å²) < 4.78 is 18.5. The van der Waals surface area contributed by atoms with Crippen LogP contribution in [-0.2, 0) is 4.79 Å². The highest BCUT2D eigenvalue weighted by Crippen LogP contribution is 2.23. The largest absolute Gasteiger partial charge is 0.483 e. The standard InChI is InChI=1S/C16H14FNO3/c1-11(19)18-14-7-2-3-8-16(14)21-10-15(20)12-5-4-6-13(17)9-12/h2-9H,10H2,1H3,(H,18,19). The molecule has 0 fully saturated rings. The molecule has 0 atom stereocenters. The summed E-state index contributed by atoms with van der Waals surface area (Å²) >= 11 is 0. The molecule has 1 N–H and O–H groups in total. The van der Waals surface area contributed by atoms with Crippen LogP contribution in [0.1, 0.15) is 17.3 Å². The molecule has 0 spiro atoms. The zero-order valence-electron chi connectivity index (χ0n) is 11.4. The molecular formula is C16H14FNO3. The smallest absolute Gasteiger partial charge is 0.221 e. The number of para-hydroxylation sites is 2. The molecule has 1 amide bonds. The monoisotopic (exact) mass is 287 g/mol. The molecule has 2 aromatic carbocycles. The maximum atomic E-state index is 13.1. The minimum absolute atomic E-state index is 0.234. The summed E-state index contributed by atoms with van der Waals surface area (Å²) in [6.07, 6.45) is 0. The van der Waals surface area contributed by atoms with Gasteiger partial charge in [0, 0.05) is 12.5 Å². The zero-order valence-corrected chi connectivity index (χ0v) is 11.4. The van der Waals surface area contributed by atoms with E-state index in [1.54, 1.807) is 24.3 Å². The van der Waals surface area contributed by atoms with Crippen molar-refractivity contribution >= 4 is 17.4 Å². The molecular weight excluding hydrogens is 273 g/mol. The highest BCUT2D eigenvalue weighted by atomic mass is 19.1. The minimum Gasteiger partial charge on any atom is -0.483 e. The minimum atomic E-state index is -0.473. The van der Waals surface area contributed by atoms with Crippen LogP contribution in [-0.4, -0.2) is 18.3 Å². The quantitative estimate of drug-likeness (QED) is 0.860. The third kappa shape index (κ3) is 4.14. The Morgan fingerprint density at radius 2 is 1.90 bits per heavy atom. The van der Waals surface area contributed by atoms with E-state index in [4.69, 9.17) is 4.74 Å². The number of benzene rings is 2. The van der Waals surface area contributed by atoms with Crippen LogP contribution in [0, 0.1) is 5.82 Å². The molecule has 4 nitrogen and oxygen atoms in total. The van der Waals surface area contributed by atoms with E-state index in [2.05, 4.69) is 5.32 Å². The topological polar surface area (TPSA) is 55.4 Å². The lowest BCUT2D eigenvalue weighted by molar-refractivity contribution is -0.114. The van der Waals surface area contributed by atoms with Gasteiger partial charge in [0.05, 0.1) is 5.69 Å². The van der Waals surface area contributed by atoms with E-state index >= 15 is 0 Å². The van der Waals surface area contributed by atoms with E-state index in [9.17, 15) is 14.0 Å². The lowest BCUT2D eigenvalue weighted by Gasteiger charge is -2.11. The lowest BCUT2D eigenvalue weighted by Crippen LogP contribution is -2.13. The summed E-state index contributed by atoms with van der Waals surface area (Å²) in [5.74, 6) is -0.661. The Morgan fingerprint density at radius 1 is 1.14 bits per heavy atom. The molecule has 21 heavy (non-hydrogen) atoms. The van der Waals surface area contributed by atoms with Crippen LogP contribution in [0.4, 0.5) is 10.1 Å². The third-order valence-electron chi connectivity index (χ3n) is 2.70. The molecule has 0 unspecified atom stereocenters. The van der Waals surface area contributed by atoms with E-state index in [1.807, 2.05) is 0 Å². The van der Waals surface area contributed by atoms with Crippen molar-refractivity contribution in [2.75, 3.05) is 11.9 Å². The van der Waals surface area contributed by atoms with E-state index in [0.717, 1.165) is 6.07 Å². The summed E-state index contributed by atoms with van der Waals surface area (Å²) in [7, 11) is 0. The molecule has 0 radical (unpaired) electrons. The molecule has 0 aliphatic heterocycles. The van der Waals surface area contributed by atoms with E-state index < -0.39 is 5.82 Å². The highest BCUT2D eigenvalue weighted by Gasteiger charge is 2.10. The van der Waals surface area contributed by atoms with Crippen molar-refractivity contribution in [1.29, 1.82) is 0 Å². The number of carbonyl (C=O) groups excluding carboxylic acids is 2. The average Bonchev–Trinajstić information content (AvgIpc) is 2.45. The Kier molecular flexibility index (Phi) is 4.66. The van der Waals surface area contributed by atoms with Gasteiger partial charge < -0.3 is 10.1 Å². The zero-order chi connectivity index (χ0) is 15.2. The summed E-state index contributed by atoms with van der Waals surface area (Å²) in [5.41, 5.74) is 0.726. The molecule has 0 heterocycles. The molecule has 0 aliphatic rings. The van der Waals surface area contributed by atoms with Crippen LogP contribution in [0.25, 0.3) is 0 Å². The molecule has 0 aliphatic carbocycles. The van der Waals surface area contributed by atoms with Crippen molar-refractivity contribution in [2.45, 2.75) is 6.92 Å². The molecule has 0 bridgehead atoms. The number of rotatable bonds is 5. The summed E-state index contributed by atoms with van der Waals surface area (Å²) in [5, 5.41) is 2.61. The van der Waals surface area contributed by atoms with E-state index in [1.165, 1.54) is 25.1 Å². The molecule has 0 saturated carbocycles. The number of ketones is 1. The Balaban J connectivity index is 2.06. The van der Waals surface area contributed by atoms with Gasteiger partial charge in [0.2, 0.25) is 5.91 Å². The number of Topliss-reactive ketones (excluding diaryl/α,β-unsaturated/α-hetero) is 1. The first-order valence-corrected chi connectivity index (χ1v) is 6.34. The second-order valence-electron chi connectivity index (χ2n) is 4.40. The van der Waals surface area contributed by atoms with E-state index in [0.29, 0.717) is 11.4 Å². The number of hydrogen-bond donors (Lipinski definition) is 1. The van der Waals surface area contributed by atoms with Gasteiger partial charge >= 0.3 is 0 Å². The first-order valence-electron chi connectivity index (χ1n) is 6.34. The summed E-state index contributed by atoms with van der Waals surface area (Å²) in [6.45, 7) is 1.15. The number of nitrogens with one attached hydrogen (secondary N) is 1. The normalized spacial score (nSPS) is 10.0. The Bertz CT molecular complexity index is 670. The van der Waals surface area contributed by atoms with Crippen LogP contribution in [0.5, 0.6) is 5.75 Å². The molecule has 5 heteroatoms. The predicted octanol–water partition coefficient (Wildman–Crippen LogP) is 3.05. The highest BCUT2D eigenvalue weighted by molar-refractivity contribution is 5.97. The van der Waals surface area contributed by atoms with Gasteiger partial charge in [-0.25, -0.2) is 4.39 Å². The number of hydrogen-bond acceptors (Lipinski definition) is 3. The second-order valence-corrected chi connectivity index (χ2v) is 4.40. The van der Waals surface area contributed by atoms with Crippen LogP contribution in [0.3, 0.4) is 0 Å². The number of anilines is 1. The Morgan fingerprint density at radius 3 is 2.62 bits per heavy atom. The Labute approximate surface area is 121 Å². The Hall–Kier alpha value is -2.69. The fourth-order valence-electron chi connectivity index (χ4n) is 1.77. The molecule has 2 aromatic rings. The van der Waals surface area contributed by atoms with Gasteiger partial charge in [0.1, 0.15) is 11.6 Å². The van der Waals surface area contributed by atoms with E-state index in [-0.39, 0.29) is 23.9 Å². The van der Waals surface area contributed by atoms with Crippen molar-refractivity contribution in [1.82, 2.24) is 0 Å². The lowest BCUT2D eigenvalue weighted by atomic mass is 10.1. The SMILES string of the molecule is CC(=O)Nc1ccccc1OCC(=O)c1cccc(F)c1. The van der Waals surface area contributed by atoms with Crippen molar-refractivity contribution in [3.8, 4) is 5.75 Å². The average molecular weight is 287 g/mol. The first-order chi connectivity index (χ1) is 10.1. The van der Waals surface area contributed by atoms with Gasteiger partial charge in [-0.05, 0) is 24.3 Å². The van der Waals surface area contributed by atoms with Crippen LogP contribution in [0.2, 0.25) is 0 Å². The molecule has 108 valence electrons. The van der Waals surface area contributed by atoms with Crippen molar-refractivity contribution < 1.29 is 18.7 Å². The van der Waals surface area contributed by atoms with Gasteiger partial charge in [-0.1, -0.05) is 24.3 Å². The van der Waals surface area contributed by atoms with Crippen molar-refractivity contribution in [3.05, 3.63) is 59.9 Å². The van der Waals surface area contributed by atoms with Crippen LogP contribution < -0.4 is 10.1 Å². The van der Waals surface area contributed by atoms with Gasteiger partial charge in [-0.15, -0.1) is 0 Å². The van der Waals surface area contributed by atoms with Crippen molar-refractivity contribution in [2.24, 2.45) is 0 Å². The fraction of sp³-hybridized carbons (Fsp3) is 0.125. The number of amides is 1. The van der Waals surface area contributed by atoms with Gasteiger partial charge in [-0.3, -0.25) is 9.59 Å². The predicted molar refractivity (Wildman–Crippen MR) is 77.0 cm³/mol. The third-order valence-corrected chi connectivity index (χ3v) is 2.70. The molecule has 0 saturated heterocycles. The summed E-state index contributed by atoms with van der Waals surface area (Å²) in [4.78, 5) is 23.0. The molecule has 2 rings (SSSR count). The number of carbonyl (C=O) groups is 2. The summed E-state index contributed by atoms with van der Waals surface area (Å²) in [6, 6.07) is 12.2. The van der Waals surface area contributed by atoms with Gasteiger partial charge in [0.25, 0.3) is 0 Å². The second kappa shape index (κ2) is 6.65. The number of halogens is 1. The maximum Gasteiger partial charge on any atom is 0.221 e. The van der Waals surface area contributed by atoms with Crippen LogP contribution in [0.15, 0.2) is 48.5 Å². The van der Waals surface area contributed by atoms with Gasteiger partial charge in [-0.2, -0.15) is 0 Å². The van der Waals surface area contributed by atoms with Crippen LogP contribution >= 0.6 is 0 Å². The number of ether oxygens (including phenoxy) is 1. The first kappa shape index (κ1) is 14.7. The fourth-order valence-corrected chi connectivity index (χ4v) is 1.77. The van der Waals surface area contributed by atoms with Crippen molar-refractivity contribution in [3.63, 3.8) is 0 Å². The van der Waals surface area contributed by atoms with Gasteiger partial charge in [0.15, 0.2) is 12.4 Å².